The number of hydrogen-bond acceptors (Lipinski definition) is 6. The standard InChI is InChI=1S/C17H28N4O2S2/c1-4-6-7-8-12(3)18-14(22)11-24-17-20-19-16(25-17)21(13-9-10-13)15(23)5-2/h12-13H,4-11H2,1-3H3,(H,18,22). The zero-order valence-corrected chi connectivity index (χ0v) is 16.9. The Morgan fingerprint density at radius 3 is 2.72 bits per heavy atom. The molecule has 0 saturated heterocycles. The number of rotatable bonds is 11. The van der Waals surface area contributed by atoms with Crippen LogP contribution in [0.1, 0.15) is 65.7 Å². The second kappa shape index (κ2) is 10.1. The molecule has 1 aromatic rings. The van der Waals surface area contributed by atoms with Crippen molar-refractivity contribution in [1.82, 2.24) is 15.5 Å². The molecule has 1 aliphatic rings. The fourth-order valence-electron chi connectivity index (χ4n) is 2.54. The van der Waals surface area contributed by atoms with Crippen LogP contribution in [-0.2, 0) is 9.59 Å². The van der Waals surface area contributed by atoms with Crippen molar-refractivity contribution in [2.24, 2.45) is 0 Å². The lowest BCUT2D eigenvalue weighted by atomic mass is 10.1. The number of unbranched alkanes of at least 4 members (excludes halogenated alkanes) is 2. The lowest BCUT2D eigenvalue weighted by Crippen LogP contribution is -2.33. The molecular formula is C17H28N4O2S2. The van der Waals surface area contributed by atoms with Crippen molar-refractivity contribution < 1.29 is 9.59 Å². The van der Waals surface area contributed by atoms with Crippen molar-refractivity contribution in [2.75, 3.05) is 10.7 Å². The minimum Gasteiger partial charge on any atom is -0.353 e. The molecule has 1 aromatic heterocycles. The highest BCUT2D eigenvalue weighted by atomic mass is 32.2. The Balaban J connectivity index is 1.78. The normalized spacial score (nSPS) is 15.0. The first-order valence-electron chi connectivity index (χ1n) is 9.12. The summed E-state index contributed by atoms with van der Waals surface area (Å²) in [5, 5.41) is 12.0. The molecule has 6 nitrogen and oxygen atoms in total. The second-order valence-corrected chi connectivity index (χ2v) is 8.63. The molecular weight excluding hydrogens is 356 g/mol. The Labute approximate surface area is 158 Å². The van der Waals surface area contributed by atoms with Crippen LogP contribution in [0.15, 0.2) is 4.34 Å². The van der Waals surface area contributed by atoms with Crippen LogP contribution in [0, 0.1) is 0 Å². The number of nitrogens with zero attached hydrogens (tertiary/aromatic N) is 3. The smallest absolute Gasteiger partial charge is 0.230 e. The number of hydrogen-bond donors (Lipinski definition) is 1. The van der Waals surface area contributed by atoms with E-state index >= 15 is 0 Å². The first-order valence-corrected chi connectivity index (χ1v) is 10.9. The van der Waals surface area contributed by atoms with Gasteiger partial charge in [-0.1, -0.05) is 56.2 Å². The molecule has 1 fully saturated rings. The zero-order chi connectivity index (χ0) is 18.2. The highest BCUT2D eigenvalue weighted by Gasteiger charge is 2.35. The van der Waals surface area contributed by atoms with Gasteiger partial charge >= 0.3 is 0 Å². The molecule has 0 aromatic carbocycles. The van der Waals surface area contributed by atoms with Gasteiger partial charge in [-0.15, -0.1) is 10.2 Å². The Morgan fingerprint density at radius 2 is 2.08 bits per heavy atom. The lowest BCUT2D eigenvalue weighted by molar-refractivity contribution is -0.119. The van der Waals surface area contributed by atoms with E-state index in [0.717, 1.165) is 30.0 Å². The Bertz CT molecular complexity index is 575. The van der Waals surface area contributed by atoms with Crippen LogP contribution in [0.3, 0.4) is 0 Å². The number of amides is 2. The summed E-state index contributed by atoms with van der Waals surface area (Å²) in [5.74, 6) is 0.445. The summed E-state index contributed by atoms with van der Waals surface area (Å²) < 4.78 is 0.735. The van der Waals surface area contributed by atoms with E-state index in [2.05, 4.69) is 22.4 Å². The third-order valence-corrected chi connectivity index (χ3v) is 6.12. The SMILES string of the molecule is CCCCCC(C)NC(=O)CSc1nnc(N(C(=O)CC)C2CC2)s1. The van der Waals surface area contributed by atoms with Gasteiger partial charge < -0.3 is 5.32 Å². The molecule has 1 aliphatic carbocycles. The molecule has 1 saturated carbocycles. The maximum absolute atomic E-state index is 12.1. The van der Waals surface area contributed by atoms with E-state index in [9.17, 15) is 9.59 Å². The van der Waals surface area contributed by atoms with Crippen molar-refractivity contribution >= 4 is 40.0 Å². The summed E-state index contributed by atoms with van der Waals surface area (Å²) in [6.45, 7) is 6.08. The Kier molecular flexibility index (Phi) is 8.15. The van der Waals surface area contributed by atoms with Crippen LogP contribution in [0.4, 0.5) is 5.13 Å². The summed E-state index contributed by atoms with van der Waals surface area (Å²) in [5.41, 5.74) is 0. The third kappa shape index (κ3) is 6.58. The van der Waals surface area contributed by atoms with Gasteiger partial charge in [-0.2, -0.15) is 0 Å². The van der Waals surface area contributed by atoms with E-state index in [-0.39, 0.29) is 23.9 Å². The third-order valence-electron chi connectivity index (χ3n) is 4.06. The lowest BCUT2D eigenvalue weighted by Gasteiger charge is -2.17. The number of anilines is 1. The minimum atomic E-state index is 0.0226. The molecule has 1 atom stereocenters. The predicted molar refractivity (Wildman–Crippen MR) is 103 cm³/mol. The fraction of sp³-hybridized carbons (Fsp3) is 0.765. The van der Waals surface area contributed by atoms with Gasteiger partial charge in [0.1, 0.15) is 0 Å². The van der Waals surface area contributed by atoms with Crippen molar-refractivity contribution in [2.45, 2.75) is 82.1 Å². The molecule has 2 rings (SSSR count). The molecule has 0 bridgehead atoms. The predicted octanol–water partition coefficient (Wildman–Crippen LogP) is 3.62. The molecule has 0 radical (unpaired) electrons. The fourth-order valence-corrected chi connectivity index (χ4v) is 4.29. The van der Waals surface area contributed by atoms with Gasteiger partial charge in [0.15, 0.2) is 4.34 Å². The monoisotopic (exact) mass is 384 g/mol. The van der Waals surface area contributed by atoms with E-state index in [0.29, 0.717) is 17.3 Å². The van der Waals surface area contributed by atoms with Crippen molar-refractivity contribution in [1.29, 1.82) is 0 Å². The molecule has 140 valence electrons. The maximum Gasteiger partial charge on any atom is 0.230 e. The van der Waals surface area contributed by atoms with Gasteiger partial charge in [-0.3, -0.25) is 14.5 Å². The molecule has 1 heterocycles. The molecule has 0 spiro atoms. The van der Waals surface area contributed by atoms with Gasteiger partial charge in [-0.25, -0.2) is 0 Å². The zero-order valence-electron chi connectivity index (χ0n) is 15.3. The molecule has 2 amide bonds. The second-order valence-electron chi connectivity index (χ2n) is 6.45. The van der Waals surface area contributed by atoms with E-state index < -0.39 is 0 Å². The van der Waals surface area contributed by atoms with E-state index in [1.807, 2.05) is 13.8 Å². The van der Waals surface area contributed by atoms with Gasteiger partial charge in [-0.05, 0) is 26.2 Å². The van der Waals surface area contributed by atoms with Crippen LogP contribution < -0.4 is 10.2 Å². The van der Waals surface area contributed by atoms with E-state index in [1.54, 1.807) is 4.90 Å². The van der Waals surface area contributed by atoms with Crippen LogP contribution >= 0.6 is 23.1 Å². The van der Waals surface area contributed by atoms with Crippen LogP contribution in [0.2, 0.25) is 0 Å². The largest absolute Gasteiger partial charge is 0.353 e. The highest BCUT2D eigenvalue weighted by Crippen LogP contribution is 2.36. The van der Waals surface area contributed by atoms with Crippen molar-refractivity contribution in [3.63, 3.8) is 0 Å². The van der Waals surface area contributed by atoms with Crippen LogP contribution in [0.5, 0.6) is 0 Å². The average molecular weight is 385 g/mol. The summed E-state index contributed by atoms with van der Waals surface area (Å²) in [6, 6.07) is 0.489. The van der Waals surface area contributed by atoms with Crippen molar-refractivity contribution in [3.05, 3.63) is 0 Å². The maximum atomic E-state index is 12.1. The average Bonchev–Trinajstić information content (AvgIpc) is 3.31. The van der Waals surface area contributed by atoms with Gasteiger partial charge in [0.2, 0.25) is 16.9 Å². The topological polar surface area (TPSA) is 75.2 Å². The molecule has 1 N–H and O–H groups in total. The first kappa shape index (κ1) is 20.2. The molecule has 1 unspecified atom stereocenters. The number of carbonyl (C=O) groups is 2. The van der Waals surface area contributed by atoms with E-state index in [1.165, 1.54) is 35.9 Å². The number of aromatic nitrogens is 2. The molecule has 25 heavy (non-hydrogen) atoms. The molecule has 8 heteroatoms. The minimum absolute atomic E-state index is 0.0226. The van der Waals surface area contributed by atoms with E-state index in [4.69, 9.17) is 0 Å². The number of carbonyl (C=O) groups excluding carboxylic acids is 2. The summed E-state index contributed by atoms with van der Waals surface area (Å²) in [4.78, 5) is 25.9. The molecule has 0 aliphatic heterocycles. The van der Waals surface area contributed by atoms with Gasteiger partial charge in [0.25, 0.3) is 0 Å². The Morgan fingerprint density at radius 1 is 1.32 bits per heavy atom. The first-order chi connectivity index (χ1) is 12.0. The van der Waals surface area contributed by atoms with Gasteiger partial charge in [0.05, 0.1) is 5.75 Å². The number of nitrogens with one attached hydrogen (secondary N) is 1. The quantitative estimate of drug-likeness (QED) is 0.358. The van der Waals surface area contributed by atoms with Crippen molar-refractivity contribution in [3.8, 4) is 0 Å². The van der Waals surface area contributed by atoms with Crippen LogP contribution in [0.25, 0.3) is 0 Å². The summed E-state index contributed by atoms with van der Waals surface area (Å²) in [7, 11) is 0. The summed E-state index contributed by atoms with van der Waals surface area (Å²) >= 11 is 2.78. The highest BCUT2D eigenvalue weighted by molar-refractivity contribution is 8.01. The Hall–Kier alpha value is -1.15. The summed E-state index contributed by atoms with van der Waals surface area (Å²) in [6.07, 6.45) is 7.09. The number of thioether (sulfide) groups is 1. The van der Waals surface area contributed by atoms with Gasteiger partial charge in [0, 0.05) is 18.5 Å². The van der Waals surface area contributed by atoms with Crippen LogP contribution in [-0.4, -0.2) is 39.8 Å².